The van der Waals surface area contributed by atoms with E-state index in [0.717, 1.165) is 41.5 Å². The maximum Gasteiger partial charge on any atom is 0.362 e. The van der Waals surface area contributed by atoms with Gasteiger partial charge in [0.15, 0.2) is 6.23 Å². The van der Waals surface area contributed by atoms with Crippen molar-refractivity contribution in [3.8, 4) is 0 Å². The summed E-state index contributed by atoms with van der Waals surface area (Å²) in [6.45, 7) is 2.88. The number of aryl methyl sites for hydroxylation is 1. The number of unbranched alkanes of at least 4 members (excludes halogenated alkanes) is 1. The fourth-order valence-corrected chi connectivity index (χ4v) is 7.12. The van der Waals surface area contributed by atoms with Crippen molar-refractivity contribution in [2.75, 3.05) is 33.8 Å². The van der Waals surface area contributed by atoms with Crippen LogP contribution in [0.1, 0.15) is 54.7 Å². The molecule has 0 bridgehead atoms. The molecule has 1 aliphatic rings. The minimum atomic E-state index is -3.62. The number of nitrogens with one attached hydrogen (secondary N) is 1. The highest BCUT2D eigenvalue weighted by Crippen LogP contribution is 2.54. The van der Waals surface area contributed by atoms with Gasteiger partial charge in [-0.25, -0.2) is 9.46 Å². The van der Waals surface area contributed by atoms with Crippen LogP contribution in [0.3, 0.4) is 0 Å². The first-order valence-corrected chi connectivity index (χ1v) is 18.7. The Morgan fingerprint density at radius 2 is 1.50 bits per heavy atom. The van der Waals surface area contributed by atoms with E-state index in [0.29, 0.717) is 18.5 Å². The summed E-state index contributed by atoms with van der Waals surface area (Å²) < 4.78 is 28.2. The summed E-state index contributed by atoms with van der Waals surface area (Å²) >= 11 is 6.29. The number of allylic oxidation sites excluding steroid dienone is 1. The van der Waals surface area contributed by atoms with Gasteiger partial charge in [0.25, 0.3) is 5.56 Å². The van der Waals surface area contributed by atoms with Gasteiger partial charge in [0, 0.05) is 24.8 Å². The van der Waals surface area contributed by atoms with Gasteiger partial charge in [-0.05, 0) is 74.6 Å². The fourth-order valence-electron chi connectivity index (χ4n) is 6.37. The van der Waals surface area contributed by atoms with Crippen molar-refractivity contribution in [1.29, 1.82) is 0 Å². The van der Waals surface area contributed by atoms with Crippen LogP contribution in [0.2, 0.25) is 0 Å². The van der Waals surface area contributed by atoms with Crippen molar-refractivity contribution in [1.82, 2.24) is 19.1 Å². The number of morpholine rings is 1. The Kier molecular flexibility index (Phi) is 11.7. The number of halogens is 1. The Balaban J connectivity index is 1.64. The van der Waals surface area contributed by atoms with E-state index in [1.165, 1.54) is 9.24 Å². The lowest BCUT2D eigenvalue weighted by atomic mass is 9.75. The minimum Gasteiger partial charge on any atom is -0.350 e. The van der Waals surface area contributed by atoms with Crippen LogP contribution in [0.15, 0.2) is 119 Å². The average molecular weight is 691 g/mol. The van der Waals surface area contributed by atoms with E-state index in [1.807, 2.05) is 61.5 Å². The van der Waals surface area contributed by atoms with Crippen LogP contribution in [0, 0.1) is 0 Å². The van der Waals surface area contributed by atoms with Gasteiger partial charge in [0.2, 0.25) is 0 Å². The fraction of sp³-hybridized carbons (Fsp3) is 0.351. The number of hydrogen-bond donors (Lipinski definition) is 1. The monoisotopic (exact) mass is 690 g/mol. The molecule has 11 heteroatoms. The van der Waals surface area contributed by atoms with E-state index in [2.05, 4.69) is 52.9 Å². The first kappa shape index (κ1) is 35.7. The highest BCUT2D eigenvalue weighted by atomic mass is 35.7. The molecule has 4 aromatic rings. The van der Waals surface area contributed by atoms with Crippen LogP contribution < -0.4 is 11.2 Å². The zero-order valence-corrected chi connectivity index (χ0v) is 29.4. The van der Waals surface area contributed by atoms with E-state index in [9.17, 15) is 14.2 Å². The molecular weight excluding hydrogens is 647 g/mol. The third-order valence-corrected chi connectivity index (χ3v) is 11.4. The second-order valence-electron chi connectivity index (χ2n) is 12.5. The summed E-state index contributed by atoms with van der Waals surface area (Å²) in [5, 5.41) is 0. The Bertz CT molecular complexity index is 1730. The zero-order valence-electron chi connectivity index (χ0n) is 27.8. The van der Waals surface area contributed by atoms with Crippen molar-refractivity contribution >= 4 is 18.1 Å². The molecule has 0 aliphatic carbocycles. The molecule has 0 amide bonds. The topological polar surface area (TPSA) is 96.9 Å². The number of ether oxygens (including phenoxy) is 1. The molecule has 0 saturated carbocycles. The van der Waals surface area contributed by atoms with Gasteiger partial charge in [-0.2, -0.15) is 0 Å². The van der Waals surface area contributed by atoms with Gasteiger partial charge >= 0.3 is 12.6 Å². The van der Waals surface area contributed by atoms with E-state index in [4.69, 9.17) is 20.5 Å². The molecule has 1 fully saturated rings. The summed E-state index contributed by atoms with van der Waals surface area (Å²) in [6.07, 6.45) is 3.19. The summed E-state index contributed by atoms with van der Waals surface area (Å²) in [5.41, 5.74) is 2.85. The lowest BCUT2D eigenvalue weighted by Crippen LogP contribution is -2.58. The molecule has 3 atom stereocenters. The number of aromatic nitrogens is 2. The summed E-state index contributed by atoms with van der Waals surface area (Å²) in [4.78, 5) is 31.2. The van der Waals surface area contributed by atoms with E-state index >= 15 is 0 Å². The average Bonchev–Trinajstić information content (AvgIpc) is 3.08. The van der Waals surface area contributed by atoms with Gasteiger partial charge in [-0.3, -0.25) is 23.8 Å². The molecule has 9 nitrogen and oxygen atoms in total. The van der Waals surface area contributed by atoms with E-state index in [-0.39, 0.29) is 13.2 Å². The second-order valence-corrected chi connectivity index (χ2v) is 15.7. The highest BCUT2D eigenvalue weighted by Gasteiger charge is 2.47. The highest BCUT2D eigenvalue weighted by molar-refractivity contribution is 7.83. The number of H-pyrrole nitrogens is 1. The number of aromatic amines is 1. The van der Waals surface area contributed by atoms with Gasteiger partial charge in [0.1, 0.15) is 0 Å². The molecule has 0 spiro atoms. The van der Waals surface area contributed by atoms with E-state index in [1.54, 1.807) is 20.3 Å². The first-order chi connectivity index (χ1) is 23.0. The number of hydrogen-bond acceptors (Lipinski definition) is 6. The Morgan fingerprint density at radius 1 is 0.958 bits per heavy atom. The molecule has 48 heavy (non-hydrogen) atoms. The number of benzene rings is 3. The van der Waals surface area contributed by atoms with Gasteiger partial charge in [-0.15, -0.1) is 6.58 Å². The van der Waals surface area contributed by atoms with Crippen LogP contribution >= 0.6 is 18.1 Å². The molecule has 1 N–H and O–H groups in total. The van der Waals surface area contributed by atoms with Gasteiger partial charge in [-0.1, -0.05) is 96.6 Å². The minimum absolute atomic E-state index is 0.0910. The van der Waals surface area contributed by atoms with Crippen LogP contribution in [0.25, 0.3) is 0 Å². The molecular formula is C37H44ClN4O5P. The summed E-state index contributed by atoms with van der Waals surface area (Å²) in [7, 11) is 3.18. The quantitative estimate of drug-likeness (QED) is 0.0663. The molecule has 1 aromatic heterocycles. The first-order valence-electron chi connectivity index (χ1n) is 16.2. The van der Waals surface area contributed by atoms with Crippen molar-refractivity contribution in [2.45, 2.75) is 50.5 Å². The molecule has 5 rings (SSSR count). The van der Waals surface area contributed by atoms with Crippen molar-refractivity contribution < 1.29 is 13.8 Å². The van der Waals surface area contributed by atoms with Gasteiger partial charge < -0.3 is 9.26 Å². The van der Waals surface area contributed by atoms with Crippen LogP contribution in [0.5, 0.6) is 0 Å². The molecule has 254 valence electrons. The Morgan fingerprint density at radius 3 is 2.00 bits per heavy atom. The largest absolute Gasteiger partial charge is 0.362 e. The van der Waals surface area contributed by atoms with Gasteiger partial charge in [0.05, 0.1) is 18.2 Å². The maximum atomic E-state index is 13.5. The van der Waals surface area contributed by atoms with Crippen molar-refractivity contribution in [3.63, 3.8) is 0 Å². The molecule has 0 radical (unpaired) electrons. The molecule has 3 aromatic carbocycles. The summed E-state index contributed by atoms with van der Waals surface area (Å²) in [6, 6.07) is 30.7. The smallest absolute Gasteiger partial charge is 0.350 e. The van der Waals surface area contributed by atoms with Crippen LogP contribution in [0.4, 0.5) is 0 Å². The molecule has 1 saturated heterocycles. The SMILES string of the molecule is C=C(C)CCCCc1cn(C2CN(C(c3ccccc3)(c3ccccc3)c3ccccc3)CC(COP(=O)(Cl)N(C)C)O2)c(=O)[nH]c1=O. The number of rotatable bonds is 14. The third-order valence-electron chi connectivity index (χ3n) is 8.75. The van der Waals surface area contributed by atoms with Crippen molar-refractivity contribution in [2.24, 2.45) is 0 Å². The predicted octanol–water partition coefficient (Wildman–Crippen LogP) is 6.94. The Labute approximate surface area is 287 Å². The predicted molar refractivity (Wildman–Crippen MR) is 191 cm³/mol. The third kappa shape index (κ3) is 8.00. The normalized spacial score (nSPS) is 18.4. The van der Waals surface area contributed by atoms with Crippen LogP contribution in [-0.2, 0) is 25.8 Å². The second kappa shape index (κ2) is 15.8. The maximum absolute atomic E-state index is 13.5. The van der Waals surface area contributed by atoms with Crippen LogP contribution in [-0.4, -0.2) is 59.0 Å². The standard InChI is InChI=1S/C37H44ClN4O5P/c1-28(2)16-14-15-17-29-24-42(36(44)39-35(29)43)34-26-41(25-33(47-34)27-46-48(38,45)40(3)4)37(30-18-8-5-9-19-30,31-20-10-6-11-21-31)32-22-12-7-13-23-32/h5-13,18-24,33-34H,1,14-17,25-27H2,2-4H3,(H,39,43,44). The van der Waals surface area contributed by atoms with E-state index < -0.39 is 36.0 Å². The van der Waals surface area contributed by atoms with Crippen molar-refractivity contribution in [3.05, 3.63) is 152 Å². The lowest BCUT2D eigenvalue weighted by Gasteiger charge is -2.50. The Hall–Kier alpha value is -3.56. The molecule has 3 unspecified atom stereocenters. The summed E-state index contributed by atoms with van der Waals surface area (Å²) in [5.74, 6) is 0. The molecule has 2 heterocycles. The number of nitrogens with zero attached hydrogens (tertiary/aromatic N) is 3. The zero-order chi connectivity index (χ0) is 34.3. The molecule has 1 aliphatic heterocycles. The lowest BCUT2D eigenvalue weighted by molar-refractivity contribution is -0.148.